The van der Waals surface area contributed by atoms with Crippen molar-refractivity contribution >= 4 is 5.97 Å². The Bertz CT molecular complexity index is 260. The molecule has 0 aromatic carbocycles. The van der Waals surface area contributed by atoms with Crippen LogP contribution in [0.25, 0.3) is 0 Å². The molecule has 2 aliphatic rings. The number of rotatable bonds is 4. The Hall–Kier alpha value is -0.610. The lowest BCUT2D eigenvalue weighted by Crippen LogP contribution is -2.37. The summed E-state index contributed by atoms with van der Waals surface area (Å²) >= 11 is 0. The quantitative estimate of drug-likeness (QED) is 0.820. The Labute approximate surface area is 102 Å². The van der Waals surface area contributed by atoms with Crippen LogP contribution in [0.1, 0.15) is 39.0 Å². The van der Waals surface area contributed by atoms with E-state index in [4.69, 9.17) is 9.47 Å². The van der Waals surface area contributed by atoms with Crippen LogP contribution in [0.15, 0.2) is 0 Å². The Kier molecular flexibility index (Phi) is 4.40. The van der Waals surface area contributed by atoms with Crippen LogP contribution in [0.4, 0.5) is 0 Å². The van der Waals surface area contributed by atoms with Gasteiger partial charge < -0.3 is 14.6 Å². The van der Waals surface area contributed by atoms with Crippen LogP contribution in [0.5, 0.6) is 0 Å². The molecule has 0 aromatic heterocycles. The maximum atomic E-state index is 11.2. The molecule has 1 heterocycles. The Morgan fingerprint density at radius 1 is 1.41 bits per heavy atom. The molecule has 4 unspecified atom stereocenters. The van der Waals surface area contributed by atoms with Crippen molar-refractivity contribution in [3.63, 3.8) is 0 Å². The van der Waals surface area contributed by atoms with Crippen LogP contribution < -0.4 is 0 Å². The fourth-order valence-electron chi connectivity index (χ4n) is 2.80. The predicted molar refractivity (Wildman–Crippen MR) is 62.9 cm³/mol. The number of hydrogen-bond acceptors (Lipinski definition) is 3. The normalized spacial score (nSPS) is 38.2. The first kappa shape index (κ1) is 12.8. The maximum absolute atomic E-state index is 11.2. The highest BCUT2D eigenvalue weighted by molar-refractivity contribution is 5.70. The zero-order valence-corrected chi connectivity index (χ0v) is 10.4. The average molecular weight is 242 g/mol. The molecular formula is C13H22O4. The van der Waals surface area contributed by atoms with Crippen LogP contribution in [0.2, 0.25) is 0 Å². The van der Waals surface area contributed by atoms with Crippen LogP contribution >= 0.6 is 0 Å². The molecule has 17 heavy (non-hydrogen) atoms. The third-order valence-corrected chi connectivity index (χ3v) is 3.89. The Morgan fingerprint density at radius 3 is 2.88 bits per heavy atom. The second-order valence-corrected chi connectivity index (χ2v) is 5.37. The average Bonchev–Trinajstić information content (AvgIpc) is 2.78. The Morgan fingerprint density at radius 2 is 2.24 bits per heavy atom. The lowest BCUT2D eigenvalue weighted by molar-refractivity contribution is -0.152. The minimum Gasteiger partial charge on any atom is -0.481 e. The molecule has 2 fully saturated rings. The molecule has 0 bridgehead atoms. The van der Waals surface area contributed by atoms with Crippen molar-refractivity contribution in [1.82, 2.24) is 0 Å². The highest BCUT2D eigenvalue weighted by Crippen LogP contribution is 2.31. The second kappa shape index (κ2) is 5.83. The van der Waals surface area contributed by atoms with Crippen LogP contribution in [-0.2, 0) is 14.3 Å². The summed E-state index contributed by atoms with van der Waals surface area (Å²) in [4.78, 5) is 11.2. The van der Waals surface area contributed by atoms with Gasteiger partial charge in [-0.2, -0.15) is 0 Å². The zero-order valence-electron chi connectivity index (χ0n) is 10.4. The van der Waals surface area contributed by atoms with Gasteiger partial charge >= 0.3 is 5.97 Å². The molecular weight excluding hydrogens is 220 g/mol. The van der Waals surface area contributed by atoms with Gasteiger partial charge in [0.1, 0.15) is 0 Å². The van der Waals surface area contributed by atoms with E-state index in [2.05, 4.69) is 6.92 Å². The molecule has 4 atom stereocenters. The van der Waals surface area contributed by atoms with E-state index in [0.717, 1.165) is 38.7 Å². The van der Waals surface area contributed by atoms with Gasteiger partial charge in [-0.25, -0.2) is 0 Å². The van der Waals surface area contributed by atoms with Crippen molar-refractivity contribution in [3.05, 3.63) is 0 Å². The number of aliphatic carboxylic acids is 1. The largest absolute Gasteiger partial charge is 0.481 e. The van der Waals surface area contributed by atoms with Crippen molar-refractivity contribution in [2.24, 2.45) is 11.8 Å². The van der Waals surface area contributed by atoms with E-state index in [0.29, 0.717) is 12.5 Å². The van der Waals surface area contributed by atoms with Gasteiger partial charge in [0, 0.05) is 6.61 Å². The minimum absolute atomic E-state index is 0.125. The summed E-state index contributed by atoms with van der Waals surface area (Å²) in [6.45, 7) is 3.54. The van der Waals surface area contributed by atoms with E-state index in [1.165, 1.54) is 0 Å². The molecule has 0 radical (unpaired) electrons. The van der Waals surface area contributed by atoms with E-state index in [1.54, 1.807) is 0 Å². The van der Waals surface area contributed by atoms with Crippen molar-refractivity contribution < 1.29 is 19.4 Å². The number of ether oxygens (including phenoxy) is 2. The summed E-state index contributed by atoms with van der Waals surface area (Å²) < 4.78 is 11.3. The molecule has 1 aliphatic heterocycles. The van der Waals surface area contributed by atoms with Crippen molar-refractivity contribution in [2.45, 2.75) is 51.2 Å². The van der Waals surface area contributed by atoms with E-state index < -0.39 is 5.97 Å². The van der Waals surface area contributed by atoms with Crippen molar-refractivity contribution in [2.75, 3.05) is 13.2 Å². The van der Waals surface area contributed by atoms with Crippen LogP contribution in [0.3, 0.4) is 0 Å². The summed E-state index contributed by atoms with van der Waals surface area (Å²) in [5.41, 5.74) is 0. The molecule has 2 rings (SSSR count). The molecule has 1 saturated heterocycles. The van der Waals surface area contributed by atoms with Crippen LogP contribution in [-0.4, -0.2) is 36.5 Å². The summed E-state index contributed by atoms with van der Waals surface area (Å²) in [6, 6.07) is 0. The van der Waals surface area contributed by atoms with Crippen molar-refractivity contribution in [3.8, 4) is 0 Å². The lowest BCUT2D eigenvalue weighted by Gasteiger charge is -2.32. The molecule has 4 heteroatoms. The SMILES string of the molecule is CC1CCC(C(=O)O)C(OCC2CCCO2)C1. The maximum Gasteiger partial charge on any atom is 0.309 e. The van der Waals surface area contributed by atoms with Gasteiger partial charge in [-0.3, -0.25) is 4.79 Å². The highest BCUT2D eigenvalue weighted by atomic mass is 16.5. The topological polar surface area (TPSA) is 55.8 Å². The third kappa shape index (κ3) is 3.42. The molecule has 0 amide bonds. The molecule has 1 N–H and O–H groups in total. The van der Waals surface area contributed by atoms with Gasteiger partial charge in [0.05, 0.1) is 24.7 Å². The summed E-state index contributed by atoms with van der Waals surface area (Å²) in [5, 5.41) is 9.18. The van der Waals surface area contributed by atoms with Gasteiger partial charge in [-0.05, 0) is 38.0 Å². The van der Waals surface area contributed by atoms with E-state index in [-0.39, 0.29) is 18.1 Å². The van der Waals surface area contributed by atoms with Gasteiger partial charge in [0.2, 0.25) is 0 Å². The number of carboxylic acids is 1. The molecule has 98 valence electrons. The summed E-state index contributed by atoms with van der Waals surface area (Å²) in [7, 11) is 0. The fourth-order valence-corrected chi connectivity index (χ4v) is 2.80. The number of hydrogen-bond donors (Lipinski definition) is 1. The molecule has 1 aliphatic carbocycles. The fraction of sp³-hybridized carbons (Fsp3) is 0.923. The summed E-state index contributed by atoms with van der Waals surface area (Å²) in [5.74, 6) is -0.470. The Balaban J connectivity index is 1.83. The van der Waals surface area contributed by atoms with E-state index >= 15 is 0 Å². The lowest BCUT2D eigenvalue weighted by atomic mass is 9.80. The standard InChI is InChI=1S/C13H22O4/c1-9-4-5-11(13(14)15)12(7-9)17-8-10-3-2-6-16-10/h9-12H,2-8H2,1H3,(H,14,15). The first-order valence-corrected chi connectivity index (χ1v) is 6.63. The highest BCUT2D eigenvalue weighted by Gasteiger charge is 2.34. The molecule has 0 spiro atoms. The molecule has 1 saturated carbocycles. The molecule has 0 aromatic rings. The van der Waals surface area contributed by atoms with Gasteiger partial charge in [0.25, 0.3) is 0 Å². The monoisotopic (exact) mass is 242 g/mol. The van der Waals surface area contributed by atoms with Gasteiger partial charge in [0.15, 0.2) is 0 Å². The smallest absolute Gasteiger partial charge is 0.309 e. The summed E-state index contributed by atoms with van der Waals surface area (Å²) in [6.07, 6.45) is 4.80. The van der Waals surface area contributed by atoms with E-state index in [9.17, 15) is 9.90 Å². The first-order valence-electron chi connectivity index (χ1n) is 6.63. The van der Waals surface area contributed by atoms with Gasteiger partial charge in [-0.1, -0.05) is 6.92 Å². The minimum atomic E-state index is -0.714. The van der Waals surface area contributed by atoms with Crippen LogP contribution in [0, 0.1) is 11.8 Å². The molecule has 4 nitrogen and oxygen atoms in total. The van der Waals surface area contributed by atoms with E-state index in [1.807, 2.05) is 0 Å². The predicted octanol–water partition coefficient (Wildman–Crippen LogP) is 2.07. The van der Waals surface area contributed by atoms with Gasteiger partial charge in [-0.15, -0.1) is 0 Å². The number of carbonyl (C=O) groups is 1. The third-order valence-electron chi connectivity index (χ3n) is 3.89. The zero-order chi connectivity index (χ0) is 12.3. The second-order valence-electron chi connectivity index (χ2n) is 5.37. The first-order chi connectivity index (χ1) is 8.16. The number of carboxylic acid groups (broad SMARTS) is 1. The van der Waals surface area contributed by atoms with Crippen molar-refractivity contribution in [1.29, 1.82) is 0 Å².